The number of aliphatic hydroxyl groups is 1. The van der Waals surface area contributed by atoms with E-state index in [1.54, 1.807) is 0 Å². The number of halogens is 1. The van der Waals surface area contributed by atoms with E-state index < -0.39 is 0 Å². The van der Waals surface area contributed by atoms with E-state index in [9.17, 15) is 5.11 Å². The second-order valence-electron chi connectivity index (χ2n) is 5.17. The molecule has 2 unspecified atom stereocenters. The van der Waals surface area contributed by atoms with Crippen molar-refractivity contribution in [1.82, 2.24) is 4.90 Å². The molecule has 2 rings (SSSR count). The molecular formula is C15H23BrN2O. The Balaban J connectivity index is 2.22. The third kappa shape index (κ3) is 3.57. The van der Waals surface area contributed by atoms with Gasteiger partial charge in [0.05, 0.1) is 0 Å². The number of nitrogens with zero attached hydrogens (tertiary/aromatic N) is 1. The quantitative estimate of drug-likeness (QED) is 0.874. The summed E-state index contributed by atoms with van der Waals surface area (Å²) >= 11 is 3.63. The van der Waals surface area contributed by atoms with Crippen molar-refractivity contribution in [3.05, 3.63) is 34.3 Å². The molecule has 0 aliphatic carbocycles. The molecule has 106 valence electrons. The number of piperidine rings is 1. The highest BCUT2D eigenvalue weighted by molar-refractivity contribution is 9.10. The number of hydrogen-bond donors (Lipinski definition) is 2. The van der Waals surface area contributed by atoms with Crippen LogP contribution < -0.4 is 5.73 Å². The van der Waals surface area contributed by atoms with E-state index in [4.69, 9.17) is 5.73 Å². The fourth-order valence-electron chi connectivity index (χ4n) is 3.08. The van der Waals surface area contributed by atoms with Crippen molar-refractivity contribution >= 4 is 15.9 Å². The molecule has 4 heteroatoms. The summed E-state index contributed by atoms with van der Waals surface area (Å²) in [4.78, 5) is 2.49. The fourth-order valence-corrected chi connectivity index (χ4v) is 3.63. The summed E-state index contributed by atoms with van der Waals surface area (Å²) in [5.74, 6) is 0. The Morgan fingerprint density at radius 2 is 2.16 bits per heavy atom. The standard InChI is InChI=1S/C15H23BrN2O/c16-14-7-2-1-6-13(14)15(11-17)18-9-4-3-5-12(18)8-10-19/h1-2,6-7,12,15,19H,3-5,8-11,17H2. The predicted octanol–water partition coefficient (Wildman–Crippen LogP) is 2.69. The first-order chi connectivity index (χ1) is 9.27. The first kappa shape index (κ1) is 15.0. The van der Waals surface area contributed by atoms with Gasteiger partial charge in [0.1, 0.15) is 0 Å². The van der Waals surface area contributed by atoms with E-state index in [0.717, 1.165) is 17.4 Å². The predicted molar refractivity (Wildman–Crippen MR) is 82.0 cm³/mol. The maximum atomic E-state index is 9.25. The molecule has 1 aromatic carbocycles. The molecule has 1 aliphatic heterocycles. The minimum absolute atomic E-state index is 0.243. The Hall–Kier alpha value is -0.420. The van der Waals surface area contributed by atoms with Crippen LogP contribution in [0.3, 0.4) is 0 Å². The number of aliphatic hydroxyl groups excluding tert-OH is 1. The van der Waals surface area contributed by atoms with Crippen LogP contribution in [-0.2, 0) is 0 Å². The van der Waals surface area contributed by atoms with E-state index in [0.29, 0.717) is 12.6 Å². The van der Waals surface area contributed by atoms with Gasteiger partial charge in [-0.05, 0) is 37.4 Å². The Labute approximate surface area is 123 Å². The summed E-state index contributed by atoms with van der Waals surface area (Å²) in [6, 6.07) is 9.01. The van der Waals surface area contributed by atoms with E-state index in [1.807, 2.05) is 6.07 Å². The molecule has 1 fully saturated rings. The van der Waals surface area contributed by atoms with Gasteiger partial charge in [-0.15, -0.1) is 0 Å². The maximum absolute atomic E-state index is 9.25. The maximum Gasteiger partial charge on any atom is 0.0484 e. The van der Waals surface area contributed by atoms with Crippen molar-refractivity contribution in [1.29, 1.82) is 0 Å². The van der Waals surface area contributed by atoms with Crippen molar-refractivity contribution < 1.29 is 5.11 Å². The zero-order chi connectivity index (χ0) is 13.7. The van der Waals surface area contributed by atoms with Gasteiger partial charge in [0.2, 0.25) is 0 Å². The Bertz CT molecular complexity index is 397. The largest absolute Gasteiger partial charge is 0.396 e. The summed E-state index contributed by atoms with van der Waals surface area (Å²) in [6.07, 6.45) is 4.50. The number of nitrogens with two attached hydrogens (primary N) is 1. The molecule has 1 heterocycles. The zero-order valence-corrected chi connectivity index (χ0v) is 12.8. The molecule has 3 N–H and O–H groups in total. The molecule has 0 saturated carbocycles. The lowest BCUT2D eigenvalue weighted by molar-refractivity contribution is 0.0779. The topological polar surface area (TPSA) is 49.5 Å². The number of hydrogen-bond acceptors (Lipinski definition) is 3. The van der Waals surface area contributed by atoms with Crippen LogP contribution >= 0.6 is 15.9 Å². The molecule has 3 nitrogen and oxygen atoms in total. The average Bonchev–Trinajstić information content (AvgIpc) is 2.44. The third-order valence-electron chi connectivity index (χ3n) is 4.02. The molecule has 0 bridgehead atoms. The van der Waals surface area contributed by atoms with Gasteiger partial charge in [-0.2, -0.15) is 0 Å². The van der Waals surface area contributed by atoms with E-state index >= 15 is 0 Å². The Kier molecular flexibility index (Phi) is 5.82. The smallest absolute Gasteiger partial charge is 0.0484 e. The molecule has 0 amide bonds. The highest BCUT2D eigenvalue weighted by atomic mass is 79.9. The average molecular weight is 327 g/mol. The second kappa shape index (κ2) is 7.39. The van der Waals surface area contributed by atoms with Crippen LogP contribution in [0.2, 0.25) is 0 Å². The van der Waals surface area contributed by atoms with Crippen LogP contribution in [0, 0.1) is 0 Å². The lowest BCUT2D eigenvalue weighted by Crippen LogP contribution is -2.45. The van der Waals surface area contributed by atoms with Gasteiger partial charge in [-0.3, -0.25) is 4.90 Å². The third-order valence-corrected chi connectivity index (χ3v) is 4.74. The van der Waals surface area contributed by atoms with Crippen molar-refractivity contribution in [2.75, 3.05) is 19.7 Å². The van der Waals surface area contributed by atoms with E-state index in [1.165, 1.54) is 24.8 Å². The molecule has 1 aromatic rings. The van der Waals surface area contributed by atoms with Crippen LogP contribution in [0.4, 0.5) is 0 Å². The zero-order valence-electron chi connectivity index (χ0n) is 11.3. The molecule has 1 aliphatic rings. The van der Waals surface area contributed by atoms with E-state index in [-0.39, 0.29) is 12.6 Å². The molecule has 19 heavy (non-hydrogen) atoms. The lowest BCUT2D eigenvalue weighted by Gasteiger charge is -2.41. The molecule has 1 saturated heterocycles. The van der Waals surface area contributed by atoms with Crippen LogP contribution in [-0.4, -0.2) is 35.7 Å². The van der Waals surface area contributed by atoms with Crippen LogP contribution in [0.5, 0.6) is 0 Å². The van der Waals surface area contributed by atoms with Gasteiger partial charge < -0.3 is 10.8 Å². The highest BCUT2D eigenvalue weighted by Gasteiger charge is 2.29. The van der Waals surface area contributed by atoms with Gasteiger partial charge in [0.15, 0.2) is 0 Å². The highest BCUT2D eigenvalue weighted by Crippen LogP contribution is 2.32. The number of likely N-dealkylation sites (tertiary alicyclic amines) is 1. The van der Waals surface area contributed by atoms with E-state index in [2.05, 4.69) is 39.0 Å². The van der Waals surface area contributed by atoms with Gasteiger partial charge in [0.25, 0.3) is 0 Å². The summed E-state index contributed by atoms with van der Waals surface area (Å²) in [5, 5.41) is 9.25. The summed E-state index contributed by atoms with van der Waals surface area (Å²) < 4.78 is 1.12. The summed E-state index contributed by atoms with van der Waals surface area (Å²) in [6.45, 7) is 1.95. The second-order valence-corrected chi connectivity index (χ2v) is 6.03. The minimum atomic E-state index is 0.243. The van der Waals surface area contributed by atoms with Crippen molar-refractivity contribution in [3.8, 4) is 0 Å². The number of rotatable bonds is 5. The van der Waals surface area contributed by atoms with Crippen LogP contribution in [0.1, 0.15) is 37.3 Å². The van der Waals surface area contributed by atoms with Crippen molar-refractivity contribution in [2.24, 2.45) is 5.73 Å². The molecular weight excluding hydrogens is 304 g/mol. The van der Waals surface area contributed by atoms with Gasteiger partial charge in [-0.1, -0.05) is 40.5 Å². The van der Waals surface area contributed by atoms with Crippen molar-refractivity contribution in [2.45, 2.75) is 37.8 Å². The minimum Gasteiger partial charge on any atom is -0.396 e. The number of benzene rings is 1. The van der Waals surface area contributed by atoms with Crippen molar-refractivity contribution in [3.63, 3.8) is 0 Å². The first-order valence-electron chi connectivity index (χ1n) is 7.09. The SMILES string of the molecule is NCC(c1ccccc1Br)N1CCCCC1CCO. The Morgan fingerprint density at radius 3 is 2.84 bits per heavy atom. The lowest BCUT2D eigenvalue weighted by atomic mass is 9.94. The van der Waals surface area contributed by atoms with Gasteiger partial charge in [0, 0.05) is 29.7 Å². The summed E-state index contributed by atoms with van der Waals surface area (Å²) in [5.41, 5.74) is 7.30. The first-order valence-corrected chi connectivity index (χ1v) is 7.88. The molecule has 0 aromatic heterocycles. The van der Waals surface area contributed by atoms with Crippen LogP contribution in [0.15, 0.2) is 28.7 Å². The monoisotopic (exact) mass is 326 g/mol. The Morgan fingerprint density at radius 1 is 1.37 bits per heavy atom. The van der Waals surface area contributed by atoms with Gasteiger partial charge >= 0.3 is 0 Å². The fraction of sp³-hybridized carbons (Fsp3) is 0.600. The molecule has 0 radical (unpaired) electrons. The van der Waals surface area contributed by atoms with Crippen LogP contribution in [0.25, 0.3) is 0 Å². The van der Waals surface area contributed by atoms with Gasteiger partial charge in [-0.25, -0.2) is 0 Å². The normalized spacial score (nSPS) is 22.4. The summed E-state index contributed by atoms with van der Waals surface area (Å²) in [7, 11) is 0. The molecule has 0 spiro atoms. The molecule has 2 atom stereocenters.